The summed E-state index contributed by atoms with van der Waals surface area (Å²) in [6.45, 7) is 8.13. The maximum absolute atomic E-state index is 13.0. The molecular formula is C24H33N3O4. The number of methoxy groups -OCH3 is 1. The van der Waals surface area contributed by atoms with Crippen molar-refractivity contribution in [2.75, 3.05) is 33.4 Å². The number of aromatic nitrogens is 1. The minimum Gasteiger partial charge on any atom is -0.497 e. The Morgan fingerprint density at radius 1 is 1.13 bits per heavy atom. The zero-order valence-corrected chi connectivity index (χ0v) is 18.9. The van der Waals surface area contributed by atoms with Crippen LogP contribution in [-0.4, -0.2) is 55.1 Å². The van der Waals surface area contributed by atoms with Gasteiger partial charge in [-0.15, -0.1) is 0 Å². The summed E-state index contributed by atoms with van der Waals surface area (Å²) < 4.78 is 10.4. The van der Waals surface area contributed by atoms with Crippen molar-refractivity contribution < 1.29 is 19.1 Å². The highest BCUT2D eigenvalue weighted by atomic mass is 16.5. The number of aryl methyl sites for hydroxylation is 1. The van der Waals surface area contributed by atoms with Crippen LogP contribution in [-0.2, 0) is 4.74 Å². The highest BCUT2D eigenvalue weighted by Gasteiger charge is 2.26. The molecule has 1 atom stereocenters. The van der Waals surface area contributed by atoms with E-state index < -0.39 is 5.97 Å². The molecule has 0 saturated carbocycles. The van der Waals surface area contributed by atoms with Crippen molar-refractivity contribution in [2.24, 2.45) is 0 Å². The van der Waals surface area contributed by atoms with Crippen LogP contribution in [0.15, 0.2) is 24.3 Å². The number of hydrogen-bond donors (Lipinski definition) is 2. The smallest absolute Gasteiger partial charge is 0.340 e. The number of esters is 1. The van der Waals surface area contributed by atoms with Crippen molar-refractivity contribution in [1.29, 1.82) is 0 Å². The Morgan fingerprint density at radius 2 is 1.81 bits per heavy atom. The van der Waals surface area contributed by atoms with Crippen LogP contribution < -0.4 is 10.1 Å². The van der Waals surface area contributed by atoms with E-state index in [2.05, 4.69) is 27.3 Å². The molecule has 1 unspecified atom stereocenters. The molecule has 1 saturated heterocycles. The first-order valence-electron chi connectivity index (χ1n) is 11.0. The van der Waals surface area contributed by atoms with Gasteiger partial charge in [0.1, 0.15) is 11.4 Å². The van der Waals surface area contributed by atoms with Gasteiger partial charge in [-0.1, -0.05) is 18.6 Å². The molecule has 1 aliphatic heterocycles. The summed E-state index contributed by atoms with van der Waals surface area (Å²) in [6.07, 6.45) is 3.58. The number of ether oxygens (including phenoxy) is 2. The van der Waals surface area contributed by atoms with E-state index in [-0.39, 0.29) is 11.9 Å². The van der Waals surface area contributed by atoms with E-state index in [9.17, 15) is 9.59 Å². The predicted molar refractivity (Wildman–Crippen MR) is 120 cm³/mol. The van der Waals surface area contributed by atoms with Crippen LogP contribution in [0.3, 0.4) is 0 Å². The molecule has 3 rings (SSSR count). The monoisotopic (exact) mass is 427 g/mol. The fourth-order valence-electron chi connectivity index (χ4n) is 4.28. The first-order chi connectivity index (χ1) is 15.0. The molecule has 0 aliphatic carbocycles. The molecule has 7 nitrogen and oxygen atoms in total. The lowest BCUT2D eigenvalue weighted by Gasteiger charge is -2.35. The van der Waals surface area contributed by atoms with Crippen LogP contribution in [0.4, 0.5) is 0 Å². The third kappa shape index (κ3) is 5.28. The summed E-state index contributed by atoms with van der Waals surface area (Å²) in [5, 5.41) is 3.08. The zero-order valence-electron chi connectivity index (χ0n) is 18.9. The Morgan fingerprint density at radius 3 is 2.42 bits per heavy atom. The van der Waals surface area contributed by atoms with E-state index in [0.717, 1.165) is 24.4 Å². The van der Waals surface area contributed by atoms with Crippen molar-refractivity contribution in [1.82, 2.24) is 15.2 Å². The Hall–Kier alpha value is -2.80. The highest BCUT2D eigenvalue weighted by molar-refractivity contribution is 6.00. The quantitative estimate of drug-likeness (QED) is 0.627. The molecular weight excluding hydrogens is 394 g/mol. The van der Waals surface area contributed by atoms with Crippen molar-refractivity contribution >= 4 is 11.9 Å². The second-order valence-electron chi connectivity index (χ2n) is 7.94. The van der Waals surface area contributed by atoms with Crippen LogP contribution in [0.5, 0.6) is 5.75 Å². The summed E-state index contributed by atoms with van der Waals surface area (Å²) >= 11 is 0. The Balaban J connectivity index is 1.77. The van der Waals surface area contributed by atoms with Gasteiger partial charge >= 0.3 is 5.97 Å². The van der Waals surface area contributed by atoms with Gasteiger partial charge in [-0.25, -0.2) is 4.79 Å². The topological polar surface area (TPSA) is 83.7 Å². The van der Waals surface area contributed by atoms with Gasteiger partial charge in [-0.05, 0) is 70.0 Å². The number of hydrogen-bond acceptors (Lipinski definition) is 5. The number of benzene rings is 1. The second-order valence-corrected chi connectivity index (χ2v) is 7.94. The van der Waals surface area contributed by atoms with E-state index in [1.54, 1.807) is 27.9 Å². The molecule has 31 heavy (non-hydrogen) atoms. The summed E-state index contributed by atoms with van der Waals surface area (Å²) in [5.74, 6) is 0.193. The maximum Gasteiger partial charge on any atom is 0.340 e. The maximum atomic E-state index is 13.0. The van der Waals surface area contributed by atoms with Gasteiger partial charge in [0.2, 0.25) is 0 Å². The minimum atomic E-state index is -0.405. The van der Waals surface area contributed by atoms with Gasteiger partial charge in [0.15, 0.2) is 0 Å². The minimum absolute atomic E-state index is 0.0797. The molecule has 0 bridgehead atoms. The van der Waals surface area contributed by atoms with Gasteiger partial charge < -0.3 is 19.8 Å². The normalized spacial score (nSPS) is 15.4. The largest absolute Gasteiger partial charge is 0.497 e. The number of likely N-dealkylation sites (tertiary alicyclic amines) is 1. The van der Waals surface area contributed by atoms with E-state index in [1.165, 1.54) is 19.3 Å². The summed E-state index contributed by atoms with van der Waals surface area (Å²) in [4.78, 5) is 30.7. The molecule has 0 spiro atoms. The fourth-order valence-corrected chi connectivity index (χ4v) is 4.28. The van der Waals surface area contributed by atoms with Crippen molar-refractivity contribution in [2.45, 2.75) is 46.1 Å². The third-order valence-electron chi connectivity index (χ3n) is 5.93. The average molecular weight is 428 g/mol. The number of amides is 1. The number of nitrogens with one attached hydrogen (secondary N) is 2. The lowest BCUT2D eigenvalue weighted by Crippen LogP contribution is -2.40. The van der Waals surface area contributed by atoms with Crippen molar-refractivity contribution in [3.05, 3.63) is 52.3 Å². The molecule has 0 radical (unpaired) electrons. The first-order valence-corrected chi connectivity index (χ1v) is 11.0. The SMILES string of the molecule is CCOC(=O)c1c(C)[nH]c(C(=O)NCC(c2ccc(OC)cc2)N2CCCCC2)c1C. The van der Waals surface area contributed by atoms with Crippen molar-refractivity contribution in [3.8, 4) is 5.75 Å². The van der Waals surface area contributed by atoms with E-state index >= 15 is 0 Å². The molecule has 2 heterocycles. The van der Waals surface area contributed by atoms with Crippen molar-refractivity contribution in [3.63, 3.8) is 0 Å². The average Bonchev–Trinajstić information content (AvgIpc) is 3.09. The molecule has 1 aromatic carbocycles. The molecule has 2 aromatic rings. The summed E-state index contributed by atoms with van der Waals surface area (Å²) in [6, 6.07) is 8.12. The lowest BCUT2D eigenvalue weighted by molar-refractivity contribution is 0.0525. The van der Waals surface area contributed by atoms with Crippen LogP contribution >= 0.6 is 0 Å². The fraction of sp³-hybridized carbons (Fsp3) is 0.500. The van der Waals surface area contributed by atoms with E-state index in [4.69, 9.17) is 9.47 Å². The molecule has 1 aromatic heterocycles. The molecule has 1 amide bonds. The van der Waals surface area contributed by atoms with Gasteiger partial charge in [-0.2, -0.15) is 0 Å². The summed E-state index contributed by atoms with van der Waals surface area (Å²) in [5.41, 5.74) is 3.26. The molecule has 2 N–H and O–H groups in total. The Labute approximate surface area is 184 Å². The van der Waals surface area contributed by atoms with E-state index in [1.807, 2.05) is 12.1 Å². The number of nitrogens with zero attached hydrogens (tertiary/aromatic N) is 1. The molecule has 7 heteroatoms. The van der Waals surface area contributed by atoms with Crippen LogP contribution in [0.2, 0.25) is 0 Å². The number of aromatic amines is 1. The summed E-state index contributed by atoms with van der Waals surface area (Å²) in [7, 11) is 1.66. The zero-order chi connectivity index (χ0) is 22.4. The first kappa shape index (κ1) is 22.9. The van der Waals surface area contributed by atoms with Crippen LogP contribution in [0, 0.1) is 13.8 Å². The van der Waals surface area contributed by atoms with Gasteiger partial charge in [-0.3, -0.25) is 9.69 Å². The second kappa shape index (κ2) is 10.5. The van der Waals surface area contributed by atoms with E-state index in [0.29, 0.717) is 35.7 Å². The number of piperidine rings is 1. The number of carbonyl (C=O) groups is 2. The van der Waals surface area contributed by atoms with Crippen LogP contribution in [0.25, 0.3) is 0 Å². The Bertz CT molecular complexity index is 898. The molecule has 1 aliphatic rings. The number of carbonyl (C=O) groups excluding carboxylic acids is 2. The predicted octanol–water partition coefficient (Wildman–Crippen LogP) is 3.77. The van der Waals surface area contributed by atoms with Gasteiger partial charge in [0.25, 0.3) is 5.91 Å². The van der Waals surface area contributed by atoms with Gasteiger partial charge in [0.05, 0.1) is 25.3 Å². The lowest BCUT2D eigenvalue weighted by atomic mass is 10.0. The van der Waals surface area contributed by atoms with Crippen LogP contribution in [0.1, 0.15) is 69.9 Å². The third-order valence-corrected chi connectivity index (χ3v) is 5.93. The Kier molecular flexibility index (Phi) is 7.74. The standard InChI is InChI=1S/C24H33N3O4/c1-5-31-24(29)21-16(2)22(26-17(21)3)23(28)25-15-20(27-13-7-6-8-14-27)18-9-11-19(30-4)12-10-18/h9-12,20,26H,5-8,13-15H2,1-4H3,(H,25,28). The number of H-pyrrole nitrogens is 1. The van der Waals surface area contributed by atoms with Gasteiger partial charge in [0, 0.05) is 12.2 Å². The molecule has 168 valence electrons. The highest BCUT2D eigenvalue weighted by Crippen LogP contribution is 2.26. The number of rotatable bonds is 8. The molecule has 1 fully saturated rings.